The molecule has 3 aromatic carbocycles. The number of sulfonamides is 1. The van der Waals surface area contributed by atoms with E-state index in [-0.39, 0.29) is 10.8 Å². The number of rotatable bonds is 6. The highest BCUT2D eigenvalue weighted by atomic mass is 32.2. The van der Waals surface area contributed by atoms with E-state index in [2.05, 4.69) is 9.82 Å². The summed E-state index contributed by atoms with van der Waals surface area (Å²) in [4.78, 5) is 13.6. The van der Waals surface area contributed by atoms with Crippen LogP contribution in [0.3, 0.4) is 0 Å². The Morgan fingerprint density at radius 3 is 2.26 bits per heavy atom. The number of hydrogen-bond acceptors (Lipinski definition) is 5. The summed E-state index contributed by atoms with van der Waals surface area (Å²) in [6, 6.07) is 27.1. The Kier molecular flexibility index (Phi) is 5.73. The van der Waals surface area contributed by atoms with Crippen molar-refractivity contribution in [3.8, 4) is 0 Å². The zero-order chi connectivity index (χ0) is 23.5. The van der Waals surface area contributed by atoms with Crippen molar-refractivity contribution in [3.05, 3.63) is 120 Å². The molecule has 1 aromatic heterocycles. The number of carbonyl (C=O) groups excluding carboxylic acids is 1. The highest BCUT2D eigenvalue weighted by Gasteiger charge is 2.36. The zero-order valence-corrected chi connectivity index (χ0v) is 18.9. The molecule has 0 radical (unpaired) electrons. The predicted molar refractivity (Wildman–Crippen MR) is 129 cm³/mol. The maximum atomic E-state index is 13.4. The Bertz CT molecular complexity index is 1430. The Morgan fingerprint density at radius 1 is 0.882 bits per heavy atom. The van der Waals surface area contributed by atoms with E-state index < -0.39 is 16.1 Å². The summed E-state index contributed by atoms with van der Waals surface area (Å²) in [5.74, 6) is 0.281. The Balaban J connectivity index is 1.54. The van der Waals surface area contributed by atoms with E-state index in [4.69, 9.17) is 4.42 Å². The summed E-state index contributed by atoms with van der Waals surface area (Å²) in [6.07, 6.45) is 1.92. The van der Waals surface area contributed by atoms with Crippen LogP contribution in [0.4, 0.5) is 5.69 Å². The summed E-state index contributed by atoms with van der Waals surface area (Å²) in [5, 5.41) is 6.00. The molecule has 4 aromatic rings. The SMILES string of the molecule is O=C(c1ccccc1)N1N=C(c2ccco2)CC1c1ccccc1NS(=O)(=O)c1ccccc1. The monoisotopic (exact) mass is 471 g/mol. The summed E-state index contributed by atoms with van der Waals surface area (Å²) in [6.45, 7) is 0. The van der Waals surface area contributed by atoms with Crippen molar-refractivity contribution < 1.29 is 17.6 Å². The molecular formula is C26H21N3O4S. The number of benzene rings is 3. The maximum absolute atomic E-state index is 13.4. The van der Waals surface area contributed by atoms with Gasteiger partial charge in [0.1, 0.15) is 11.5 Å². The zero-order valence-electron chi connectivity index (χ0n) is 18.0. The molecule has 1 atom stereocenters. The molecule has 0 saturated carbocycles. The van der Waals surface area contributed by atoms with Crippen molar-refractivity contribution in [2.75, 3.05) is 4.72 Å². The maximum Gasteiger partial charge on any atom is 0.274 e. The molecule has 34 heavy (non-hydrogen) atoms. The first kappa shape index (κ1) is 21.7. The Labute approximate surface area is 197 Å². The minimum atomic E-state index is -3.82. The van der Waals surface area contributed by atoms with Crippen LogP contribution < -0.4 is 4.72 Å². The number of para-hydroxylation sites is 1. The highest BCUT2D eigenvalue weighted by Crippen LogP contribution is 2.38. The summed E-state index contributed by atoms with van der Waals surface area (Å²) in [7, 11) is -3.82. The normalized spacial score (nSPS) is 15.7. The van der Waals surface area contributed by atoms with Crippen LogP contribution in [0.2, 0.25) is 0 Å². The lowest BCUT2D eigenvalue weighted by Crippen LogP contribution is -2.28. The van der Waals surface area contributed by atoms with Crippen molar-refractivity contribution >= 4 is 27.3 Å². The van der Waals surface area contributed by atoms with Crippen LogP contribution in [0.5, 0.6) is 0 Å². The molecule has 1 aliphatic heterocycles. The molecule has 2 heterocycles. The number of hydrazone groups is 1. The Morgan fingerprint density at radius 2 is 1.56 bits per heavy atom. The van der Waals surface area contributed by atoms with Gasteiger partial charge in [-0.25, -0.2) is 13.4 Å². The van der Waals surface area contributed by atoms with E-state index >= 15 is 0 Å². The van der Waals surface area contributed by atoms with Crippen LogP contribution in [0, 0.1) is 0 Å². The van der Waals surface area contributed by atoms with Crippen molar-refractivity contribution in [3.63, 3.8) is 0 Å². The molecule has 7 nitrogen and oxygen atoms in total. The molecule has 170 valence electrons. The van der Waals surface area contributed by atoms with Gasteiger partial charge in [0.05, 0.1) is 22.9 Å². The fraction of sp³-hybridized carbons (Fsp3) is 0.0769. The van der Waals surface area contributed by atoms with E-state index in [0.717, 1.165) is 0 Å². The van der Waals surface area contributed by atoms with E-state index in [1.165, 1.54) is 17.1 Å². The molecule has 1 unspecified atom stereocenters. The van der Waals surface area contributed by atoms with E-state index in [9.17, 15) is 13.2 Å². The fourth-order valence-electron chi connectivity index (χ4n) is 3.93. The van der Waals surface area contributed by atoms with Crippen LogP contribution in [-0.2, 0) is 10.0 Å². The molecule has 0 aliphatic carbocycles. The average Bonchev–Trinajstić information content (AvgIpc) is 3.55. The number of hydrogen-bond donors (Lipinski definition) is 1. The van der Waals surface area contributed by atoms with Gasteiger partial charge in [0, 0.05) is 17.5 Å². The molecule has 8 heteroatoms. The van der Waals surface area contributed by atoms with Crippen LogP contribution in [0.25, 0.3) is 0 Å². The third-order valence-corrected chi connectivity index (χ3v) is 6.94. The minimum Gasteiger partial charge on any atom is -0.463 e. The average molecular weight is 472 g/mol. The second-order valence-corrected chi connectivity index (χ2v) is 9.45. The van der Waals surface area contributed by atoms with Crippen molar-refractivity contribution in [2.24, 2.45) is 5.10 Å². The topological polar surface area (TPSA) is 92.0 Å². The van der Waals surface area contributed by atoms with Crippen LogP contribution >= 0.6 is 0 Å². The van der Waals surface area contributed by atoms with Gasteiger partial charge in [-0.3, -0.25) is 9.52 Å². The van der Waals surface area contributed by atoms with Gasteiger partial charge in [-0.2, -0.15) is 5.10 Å². The molecule has 1 aliphatic rings. The van der Waals surface area contributed by atoms with Gasteiger partial charge < -0.3 is 4.42 Å². The second kappa shape index (κ2) is 8.99. The van der Waals surface area contributed by atoms with Gasteiger partial charge >= 0.3 is 0 Å². The standard InChI is InChI=1S/C26H21N3O4S/c30-26(19-10-3-1-4-11-19)29-24(18-23(27-29)25-16-9-17-33-25)21-14-7-8-15-22(21)28-34(31,32)20-12-5-2-6-13-20/h1-17,24,28H,18H2. The van der Waals surface area contributed by atoms with Crippen molar-refractivity contribution in [2.45, 2.75) is 17.4 Å². The van der Waals surface area contributed by atoms with E-state index in [1.807, 2.05) is 12.1 Å². The Hall–Kier alpha value is -4.17. The van der Waals surface area contributed by atoms with Gasteiger partial charge in [-0.05, 0) is 42.5 Å². The molecule has 1 amide bonds. The smallest absolute Gasteiger partial charge is 0.274 e. The summed E-state index contributed by atoms with van der Waals surface area (Å²) in [5.41, 5.74) is 2.12. The van der Waals surface area contributed by atoms with Gasteiger partial charge in [-0.1, -0.05) is 54.6 Å². The summed E-state index contributed by atoms with van der Waals surface area (Å²) < 4.78 is 34.3. The van der Waals surface area contributed by atoms with Crippen LogP contribution in [0.1, 0.15) is 34.1 Å². The van der Waals surface area contributed by atoms with Crippen molar-refractivity contribution in [1.82, 2.24) is 5.01 Å². The molecule has 0 fully saturated rings. The van der Waals surface area contributed by atoms with E-state index in [1.54, 1.807) is 79.1 Å². The van der Waals surface area contributed by atoms with E-state index in [0.29, 0.717) is 34.7 Å². The number of amides is 1. The van der Waals surface area contributed by atoms with Gasteiger partial charge in [0.2, 0.25) is 0 Å². The van der Waals surface area contributed by atoms with Crippen LogP contribution in [0.15, 0.2) is 118 Å². The molecule has 5 rings (SSSR count). The lowest BCUT2D eigenvalue weighted by molar-refractivity contribution is 0.0712. The minimum absolute atomic E-state index is 0.154. The molecule has 0 saturated heterocycles. The third kappa shape index (κ3) is 4.23. The van der Waals surface area contributed by atoms with Gasteiger partial charge in [-0.15, -0.1) is 0 Å². The first-order valence-corrected chi connectivity index (χ1v) is 12.2. The van der Waals surface area contributed by atoms with Crippen LogP contribution in [-0.4, -0.2) is 25.0 Å². The van der Waals surface area contributed by atoms with Gasteiger partial charge in [0.25, 0.3) is 15.9 Å². The molecule has 0 bridgehead atoms. The largest absolute Gasteiger partial charge is 0.463 e. The molecule has 0 spiro atoms. The highest BCUT2D eigenvalue weighted by molar-refractivity contribution is 7.92. The molecular weight excluding hydrogens is 450 g/mol. The number of carbonyl (C=O) groups is 1. The third-order valence-electron chi connectivity index (χ3n) is 5.56. The fourth-order valence-corrected chi connectivity index (χ4v) is 5.04. The molecule has 1 N–H and O–H groups in total. The number of nitrogens with one attached hydrogen (secondary N) is 1. The lowest BCUT2D eigenvalue weighted by atomic mass is 9.99. The first-order valence-electron chi connectivity index (χ1n) is 10.7. The number of furan rings is 1. The second-order valence-electron chi connectivity index (χ2n) is 7.77. The van der Waals surface area contributed by atoms with Crippen molar-refractivity contribution in [1.29, 1.82) is 0 Å². The quantitative estimate of drug-likeness (QED) is 0.425. The number of anilines is 1. The lowest BCUT2D eigenvalue weighted by Gasteiger charge is -2.24. The predicted octanol–water partition coefficient (Wildman–Crippen LogP) is 5.07. The summed E-state index contributed by atoms with van der Waals surface area (Å²) >= 11 is 0. The van der Waals surface area contributed by atoms with Gasteiger partial charge in [0.15, 0.2) is 0 Å². The number of nitrogens with zero attached hydrogens (tertiary/aromatic N) is 2. The first-order chi connectivity index (χ1) is 16.5.